The first-order chi connectivity index (χ1) is 10.3. The number of aromatic nitrogens is 2. The van der Waals surface area contributed by atoms with Crippen LogP contribution in [0, 0.1) is 11.3 Å². The Balaban J connectivity index is 1.70. The first-order valence-electron chi connectivity index (χ1n) is 5.95. The summed E-state index contributed by atoms with van der Waals surface area (Å²) in [5, 5.41) is 12.9. The van der Waals surface area contributed by atoms with Gasteiger partial charge in [-0.1, -0.05) is 16.8 Å². The standard InChI is InChI=1S/C14H8ClN3O3/c15-10-6-9(7-16)3-4-11(10)20-8-13-17-14(21-18-13)12-2-1-5-19-12/h1-6H,8H2. The summed E-state index contributed by atoms with van der Waals surface area (Å²) in [5.41, 5.74) is 0.465. The number of nitriles is 1. The van der Waals surface area contributed by atoms with Gasteiger partial charge in [0.15, 0.2) is 12.4 Å². The Kier molecular flexibility index (Phi) is 3.58. The lowest BCUT2D eigenvalue weighted by atomic mass is 10.2. The normalized spacial score (nSPS) is 10.3. The molecule has 0 unspecified atom stereocenters. The minimum Gasteiger partial charge on any atom is -0.484 e. The molecule has 0 aliphatic rings. The van der Waals surface area contributed by atoms with Crippen LogP contribution in [0.3, 0.4) is 0 Å². The van der Waals surface area contributed by atoms with Gasteiger partial charge in [-0.15, -0.1) is 0 Å². The monoisotopic (exact) mass is 301 g/mol. The highest BCUT2D eigenvalue weighted by atomic mass is 35.5. The zero-order valence-electron chi connectivity index (χ0n) is 10.6. The third kappa shape index (κ3) is 2.88. The molecule has 0 radical (unpaired) electrons. The fraction of sp³-hybridized carbons (Fsp3) is 0.0714. The molecule has 0 N–H and O–H groups in total. The maximum atomic E-state index is 8.76. The molecule has 0 bridgehead atoms. The summed E-state index contributed by atoms with van der Waals surface area (Å²) in [5.74, 6) is 1.58. The summed E-state index contributed by atoms with van der Waals surface area (Å²) in [6.45, 7) is 0.0931. The summed E-state index contributed by atoms with van der Waals surface area (Å²) in [7, 11) is 0. The van der Waals surface area contributed by atoms with Crippen LogP contribution in [0.1, 0.15) is 11.4 Å². The summed E-state index contributed by atoms with van der Waals surface area (Å²) >= 11 is 6.01. The average Bonchev–Trinajstić information content (AvgIpc) is 3.16. The van der Waals surface area contributed by atoms with E-state index in [0.29, 0.717) is 27.9 Å². The summed E-state index contributed by atoms with van der Waals surface area (Å²) < 4.78 is 15.7. The van der Waals surface area contributed by atoms with E-state index in [-0.39, 0.29) is 12.5 Å². The van der Waals surface area contributed by atoms with Crippen molar-refractivity contribution in [2.24, 2.45) is 0 Å². The minimum atomic E-state index is 0.0931. The van der Waals surface area contributed by atoms with Gasteiger partial charge in [-0.25, -0.2) is 0 Å². The van der Waals surface area contributed by atoms with Crippen LogP contribution in [0.4, 0.5) is 0 Å². The van der Waals surface area contributed by atoms with Crippen LogP contribution < -0.4 is 4.74 Å². The van der Waals surface area contributed by atoms with Crippen LogP contribution in [-0.2, 0) is 6.61 Å². The van der Waals surface area contributed by atoms with E-state index in [1.807, 2.05) is 6.07 Å². The van der Waals surface area contributed by atoms with Crippen LogP contribution >= 0.6 is 11.6 Å². The molecule has 6 nitrogen and oxygen atoms in total. The predicted molar refractivity (Wildman–Crippen MR) is 72.5 cm³/mol. The van der Waals surface area contributed by atoms with E-state index in [0.717, 1.165) is 0 Å². The number of furan rings is 1. The van der Waals surface area contributed by atoms with Gasteiger partial charge in [0, 0.05) is 0 Å². The molecule has 2 heterocycles. The van der Waals surface area contributed by atoms with E-state index in [1.165, 1.54) is 12.3 Å². The van der Waals surface area contributed by atoms with Crippen molar-refractivity contribution < 1.29 is 13.7 Å². The van der Waals surface area contributed by atoms with E-state index in [1.54, 1.807) is 24.3 Å². The number of hydrogen-bond donors (Lipinski definition) is 0. The molecular weight excluding hydrogens is 294 g/mol. The number of rotatable bonds is 4. The van der Waals surface area contributed by atoms with E-state index in [4.69, 9.17) is 30.5 Å². The summed E-state index contributed by atoms with van der Waals surface area (Å²) in [6, 6.07) is 10.2. The molecule has 3 rings (SSSR count). The Hall–Kier alpha value is -2.78. The second-order valence-corrected chi connectivity index (χ2v) is 4.45. The highest BCUT2D eigenvalue weighted by Gasteiger charge is 2.12. The molecule has 0 saturated carbocycles. The predicted octanol–water partition coefficient (Wildman–Crippen LogP) is 3.43. The fourth-order valence-corrected chi connectivity index (χ4v) is 1.88. The molecule has 0 aliphatic carbocycles. The van der Waals surface area contributed by atoms with E-state index < -0.39 is 0 Å². The van der Waals surface area contributed by atoms with Crippen LogP contribution in [0.5, 0.6) is 5.75 Å². The van der Waals surface area contributed by atoms with Crippen LogP contribution in [-0.4, -0.2) is 10.1 Å². The van der Waals surface area contributed by atoms with Crippen LogP contribution in [0.15, 0.2) is 45.5 Å². The molecule has 3 aromatic rings. The molecule has 2 aromatic heterocycles. The first kappa shape index (κ1) is 13.2. The lowest BCUT2D eigenvalue weighted by molar-refractivity contribution is 0.287. The smallest absolute Gasteiger partial charge is 0.293 e. The number of hydrogen-bond acceptors (Lipinski definition) is 6. The first-order valence-corrected chi connectivity index (χ1v) is 6.33. The Labute approximate surface area is 124 Å². The number of ether oxygens (including phenoxy) is 1. The SMILES string of the molecule is N#Cc1ccc(OCc2noc(-c3ccco3)n2)c(Cl)c1. The van der Waals surface area contributed by atoms with Gasteiger partial charge in [0.2, 0.25) is 5.82 Å². The molecule has 0 spiro atoms. The molecule has 104 valence electrons. The summed E-state index contributed by atoms with van der Waals surface area (Å²) in [4.78, 5) is 4.14. The van der Waals surface area contributed by atoms with Gasteiger partial charge < -0.3 is 13.7 Å². The van der Waals surface area contributed by atoms with Crippen molar-refractivity contribution in [1.82, 2.24) is 10.1 Å². The minimum absolute atomic E-state index is 0.0931. The van der Waals surface area contributed by atoms with Gasteiger partial charge in [-0.2, -0.15) is 10.2 Å². The van der Waals surface area contributed by atoms with Crippen molar-refractivity contribution in [3.8, 4) is 23.5 Å². The second-order valence-electron chi connectivity index (χ2n) is 4.04. The number of benzene rings is 1. The highest BCUT2D eigenvalue weighted by molar-refractivity contribution is 6.32. The molecule has 21 heavy (non-hydrogen) atoms. The van der Waals surface area contributed by atoms with Gasteiger partial charge in [-0.05, 0) is 30.3 Å². The Morgan fingerprint density at radius 1 is 1.33 bits per heavy atom. The van der Waals surface area contributed by atoms with Crippen LogP contribution in [0.25, 0.3) is 11.7 Å². The largest absolute Gasteiger partial charge is 0.484 e. The van der Waals surface area contributed by atoms with E-state index in [9.17, 15) is 0 Å². The summed E-state index contributed by atoms with van der Waals surface area (Å²) in [6.07, 6.45) is 1.52. The molecular formula is C14H8ClN3O3. The lowest BCUT2D eigenvalue weighted by Crippen LogP contribution is -1.98. The van der Waals surface area contributed by atoms with Crippen molar-refractivity contribution >= 4 is 11.6 Å². The lowest BCUT2D eigenvalue weighted by Gasteiger charge is -2.05. The van der Waals surface area contributed by atoms with E-state index >= 15 is 0 Å². The molecule has 7 heteroatoms. The zero-order chi connectivity index (χ0) is 14.7. The van der Waals surface area contributed by atoms with Crippen molar-refractivity contribution in [2.45, 2.75) is 6.61 Å². The van der Waals surface area contributed by atoms with Gasteiger partial charge in [0.25, 0.3) is 5.89 Å². The van der Waals surface area contributed by atoms with Gasteiger partial charge in [-0.3, -0.25) is 0 Å². The van der Waals surface area contributed by atoms with Crippen molar-refractivity contribution in [3.63, 3.8) is 0 Å². The highest BCUT2D eigenvalue weighted by Crippen LogP contribution is 2.26. The average molecular weight is 302 g/mol. The van der Waals surface area contributed by atoms with Crippen molar-refractivity contribution in [1.29, 1.82) is 5.26 Å². The van der Waals surface area contributed by atoms with E-state index in [2.05, 4.69) is 10.1 Å². The second kappa shape index (κ2) is 5.69. The third-order valence-corrected chi connectivity index (χ3v) is 2.91. The van der Waals surface area contributed by atoms with Gasteiger partial charge >= 0.3 is 0 Å². The molecule has 1 aromatic carbocycles. The number of nitrogens with zero attached hydrogens (tertiary/aromatic N) is 3. The molecule has 0 saturated heterocycles. The maximum Gasteiger partial charge on any atom is 0.293 e. The number of halogens is 1. The zero-order valence-corrected chi connectivity index (χ0v) is 11.4. The Morgan fingerprint density at radius 3 is 2.95 bits per heavy atom. The van der Waals surface area contributed by atoms with Crippen LogP contribution in [0.2, 0.25) is 5.02 Å². The fourth-order valence-electron chi connectivity index (χ4n) is 1.64. The molecule has 0 fully saturated rings. The van der Waals surface area contributed by atoms with Crippen molar-refractivity contribution in [3.05, 3.63) is 53.0 Å². The Bertz CT molecular complexity index is 790. The molecule has 0 amide bonds. The van der Waals surface area contributed by atoms with Gasteiger partial charge in [0.05, 0.1) is 22.9 Å². The molecule has 0 atom stereocenters. The third-order valence-electron chi connectivity index (χ3n) is 2.62. The Morgan fingerprint density at radius 2 is 2.24 bits per heavy atom. The quantitative estimate of drug-likeness (QED) is 0.734. The molecule has 0 aliphatic heterocycles. The topological polar surface area (TPSA) is 85.1 Å². The maximum absolute atomic E-state index is 8.76. The van der Waals surface area contributed by atoms with Crippen molar-refractivity contribution in [2.75, 3.05) is 0 Å². The van der Waals surface area contributed by atoms with Gasteiger partial charge in [0.1, 0.15) is 5.75 Å².